The van der Waals surface area contributed by atoms with Gasteiger partial charge in [-0.2, -0.15) is 0 Å². The molecule has 0 bridgehead atoms. The molecule has 0 aliphatic heterocycles. The monoisotopic (exact) mass is 289 g/mol. The molecular weight excluding hydrogens is 270 g/mol. The van der Waals surface area contributed by atoms with Gasteiger partial charge in [0.25, 0.3) is 5.56 Å². The molecule has 2 rings (SSSR count). The summed E-state index contributed by atoms with van der Waals surface area (Å²) >= 11 is 1.78. The summed E-state index contributed by atoms with van der Waals surface area (Å²) in [7, 11) is 0. The molecule has 0 aliphatic rings. The Bertz CT molecular complexity index is 635. The highest BCUT2D eigenvalue weighted by molar-refractivity contribution is 7.99. The van der Waals surface area contributed by atoms with Gasteiger partial charge in [-0.05, 0) is 24.3 Å². The van der Waals surface area contributed by atoms with Crippen LogP contribution in [-0.4, -0.2) is 15.7 Å². The van der Waals surface area contributed by atoms with Crippen LogP contribution in [0.5, 0.6) is 0 Å². The summed E-state index contributed by atoms with van der Waals surface area (Å²) in [5.74, 6) is 1.89. The second kappa shape index (κ2) is 6.61. The van der Waals surface area contributed by atoms with Gasteiger partial charge in [-0.3, -0.25) is 4.79 Å². The first-order valence-corrected chi connectivity index (χ1v) is 7.76. The molecule has 1 heterocycles. The van der Waals surface area contributed by atoms with Crippen LogP contribution in [0.1, 0.15) is 25.8 Å². The van der Waals surface area contributed by atoms with Crippen molar-refractivity contribution in [2.45, 2.75) is 31.6 Å². The lowest BCUT2D eigenvalue weighted by atomic mass is 10.1. The number of aromatic nitrogens is 2. The van der Waals surface area contributed by atoms with E-state index < -0.39 is 0 Å². The van der Waals surface area contributed by atoms with Gasteiger partial charge >= 0.3 is 0 Å². The molecule has 1 aromatic carbocycles. The van der Waals surface area contributed by atoms with Crippen molar-refractivity contribution in [3.8, 4) is 11.4 Å². The number of H-pyrrole nitrogens is 1. The fraction of sp³-hybridized carbons (Fsp3) is 0.333. The predicted octanol–water partition coefficient (Wildman–Crippen LogP) is 3.08. The number of anilines is 1. The predicted molar refractivity (Wildman–Crippen MR) is 85.1 cm³/mol. The van der Waals surface area contributed by atoms with Crippen molar-refractivity contribution >= 4 is 17.6 Å². The number of benzene rings is 1. The maximum atomic E-state index is 12.0. The number of nitrogens with two attached hydrogens (primary N) is 1. The van der Waals surface area contributed by atoms with E-state index in [1.165, 1.54) is 4.90 Å². The van der Waals surface area contributed by atoms with Gasteiger partial charge in [0.1, 0.15) is 11.6 Å². The maximum Gasteiger partial charge on any atom is 0.256 e. The van der Waals surface area contributed by atoms with Crippen molar-refractivity contribution in [1.82, 2.24) is 9.97 Å². The molecule has 0 fully saturated rings. The van der Waals surface area contributed by atoms with Crippen molar-refractivity contribution in [2.75, 3.05) is 11.5 Å². The summed E-state index contributed by atoms with van der Waals surface area (Å²) in [4.78, 5) is 20.3. The van der Waals surface area contributed by atoms with Gasteiger partial charge in [-0.25, -0.2) is 4.98 Å². The lowest BCUT2D eigenvalue weighted by Gasteiger charge is -2.07. The average molecular weight is 289 g/mol. The van der Waals surface area contributed by atoms with Crippen molar-refractivity contribution in [1.29, 1.82) is 0 Å². The van der Waals surface area contributed by atoms with Gasteiger partial charge in [0.05, 0.1) is 5.56 Å². The molecule has 1 aromatic heterocycles. The first-order valence-electron chi connectivity index (χ1n) is 6.77. The van der Waals surface area contributed by atoms with Gasteiger partial charge in [-0.1, -0.05) is 32.4 Å². The Labute approximate surface area is 122 Å². The van der Waals surface area contributed by atoms with Crippen LogP contribution in [-0.2, 0) is 6.42 Å². The zero-order chi connectivity index (χ0) is 14.5. The quantitative estimate of drug-likeness (QED) is 0.830. The number of nitrogens with zero attached hydrogens (tertiary/aromatic N) is 1. The standard InChI is InChI=1S/C15H19N3OS/c1-3-5-12-13(16)17-14(18-15(12)19)10-6-8-11(9-7-10)20-4-2/h6-9H,3-5H2,1-2H3,(H3,16,17,18,19). The Hall–Kier alpha value is -1.75. The van der Waals surface area contributed by atoms with E-state index in [0.29, 0.717) is 23.6 Å². The van der Waals surface area contributed by atoms with Gasteiger partial charge in [0.2, 0.25) is 0 Å². The molecular formula is C15H19N3OS. The minimum Gasteiger partial charge on any atom is -0.383 e. The molecule has 20 heavy (non-hydrogen) atoms. The van der Waals surface area contributed by atoms with E-state index in [4.69, 9.17) is 5.73 Å². The van der Waals surface area contributed by atoms with Crippen LogP contribution in [0, 0.1) is 0 Å². The van der Waals surface area contributed by atoms with E-state index in [1.54, 1.807) is 11.8 Å². The number of rotatable bonds is 5. The summed E-state index contributed by atoms with van der Waals surface area (Å²) < 4.78 is 0. The van der Waals surface area contributed by atoms with Crippen molar-refractivity contribution in [3.63, 3.8) is 0 Å². The minimum atomic E-state index is -0.138. The highest BCUT2D eigenvalue weighted by Gasteiger charge is 2.09. The molecule has 106 valence electrons. The van der Waals surface area contributed by atoms with Gasteiger partial charge in [-0.15, -0.1) is 11.8 Å². The zero-order valence-corrected chi connectivity index (χ0v) is 12.6. The Morgan fingerprint density at radius 2 is 1.95 bits per heavy atom. The molecule has 3 N–H and O–H groups in total. The average Bonchev–Trinajstić information content (AvgIpc) is 2.44. The van der Waals surface area contributed by atoms with E-state index in [1.807, 2.05) is 31.2 Å². The topological polar surface area (TPSA) is 71.8 Å². The zero-order valence-electron chi connectivity index (χ0n) is 11.8. The maximum absolute atomic E-state index is 12.0. The molecule has 0 saturated heterocycles. The Morgan fingerprint density at radius 3 is 2.50 bits per heavy atom. The summed E-state index contributed by atoms with van der Waals surface area (Å²) in [5, 5.41) is 0. The second-order valence-electron chi connectivity index (χ2n) is 4.49. The van der Waals surface area contributed by atoms with Gasteiger partial charge in [0, 0.05) is 10.5 Å². The lowest BCUT2D eigenvalue weighted by molar-refractivity contribution is 0.892. The first-order chi connectivity index (χ1) is 9.65. The van der Waals surface area contributed by atoms with Crippen LogP contribution in [0.3, 0.4) is 0 Å². The number of nitrogen functional groups attached to an aromatic ring is 1. The third-order valence-corrected chi connectivity index (χ3v) is 3.88. The van der Waals surface area contributed by atoms with E-state index in [-0.39, 0.29) is 5.56 Å². The van der Waals surface area contributed by atoms with E-state index >= 15 is 0 Å². The van der Waals surface area contributed by atoms with E-state index in [9.17, 15) is 4.79 Å². The minimum absolute atomic E-state index is 0.138. The smallest absolute Gasteiger partial charge is 0.256 e. The van der Waals surface area contributed by atoms with Gasteiger partial charge < -0.3 is 10.7 Å². The highest BCUT2D eigenvalue weighted by Crippen LogP contribution is 2.22. The van der Waals surface area contributed by atoms with Crippen LogP contribution in [0.25, 0.3) is 11.4 Å². The summed E-state index contributed by atoms with van der Waals surface area (Å²) in [6.07, 6.45) is 1.53. The number of aromatic amines is 1. The van der Waals surface area contributed by atoms with Gasteiger partial charge in [0.15, 0.2) is 0 Å². The number of hydrogen-bond acceptors (Lipinski definition) is 4. The lowest BCUT2D eigenvalue weighted by Crippen LogP contribution is -2.18. The van der Waals surface area contributed by atoms with Crippen LogP contribution in [0.4, 0.5) is 5.82 Å². The molecule has 0 amide bonds. The van der Waals surface area contributed by atoms with E-state index in [2.05, 4.69) is 16.9 Å². The Balaban J connectivity index is 2.35. The fourth-order valence-electron chi connectivity index (χ4n) is 2.02. The highest BCUT2D eigenvalue weighted by atomic mass is 32.2. The number of hydrogen-bond donors (Lipinski definition) is 2. The molecule has 2 aromatic rings. The number of nitrogens with one attached hydrogen (secondary N) is 1. The van der Waals surface area contributed by atoms with Crippen molar-refractivity contribution < 1.29 is 0 Å². The normalized spacial score (nSPS) is 10.7. The summed E-state index contributed by atoms with van der Waals surface area (Å²) in [5.41, 5.74) is 7.20. The molecule has 0 saturated carbocycles. The third-order valence-electron chi connectivity index (χ3n) is 2.99. The fourth-order valence-corrected chi connectivity index (χ4v) is 2.68. The Kier molecular flexibility index (Phi) is 4.84. The van der Waals surface area contributed by atoms with Crippen LogP contribution >= 0.6 is 11.8 Å². The molecule has 0 radical (unpaired) electrons. The van der Waals surface area contributed by atoms with Crippen LogP contribution < -0.4 is 11.3 Å². The molecule has 5 heteroatoms. The van der Waals surface area contributed by atoms with Crippen LogP contribution in [0.15, 0.2) is 34.0 Å². The molecule has 0 unspecified atom stereocenters. The molecule has 0 atom stereocenters. The largest absolute Gasteiger partial charge is 0.383 e. The van der Waals surface area contributed by atoms with E-state index in [0.717, 1.165) is 17.7 Å². The third kappa shape index (κ3) is 3.22. The summed E-state index contributed by atoms with van der Waals surface area (Å²) in [6.45, 7) is 4.13. The molecule has 0 spiro atoms. The summed E-state index contributed by atoms with van der Waals surface area (Å²) in [6, 6.07) is 7.96. The molecule has 4 nitrogen and oxygen atoms in total. The first kappa shape index (κ1) is 14.7. The SMILES string of the molecule is CCCc1c(N)nc(-c2ccc(SCC)cc2)[nH]c1=O. The number of thioether (sulfide) groups is 1. The van der Waals surface area contributed by atoms with Crippen molar-refractivity contribution in [3.05, 3.63) is 40.2 Å². The van der Waals surface area contributed by atoms with Crippen molar-refractivity contribution in [2.24, 2.45) is 0 Å². The molecule has 0 aliphatic carbocycles. The Morgan fingerprint density at radius 1 is 1.25 bits per heavy atom. The van der Waals surface area contributed by atoms with Crippen LogP contribution in [0.2, 0.25) is 0 Å². The second-order valence-corrected chi connectivity index (χ2v) is 5.82.